The Hall–Kier alpha value is -2.10. The maximum absolute atomic E-state index is 12.4. The number of ether oxygens (including phenoxy) is 2. The Bertz CT molecular complexity index is 679. The summed E-state index contributed by atoms with van der Waals surface area (Å²) in [4.78, 5) is 24.5. The van der Waals surface area contributed by atoms with E-state index in [1.54, 1.807) is 0 Å². The van der Waals surface area contributed by atoms with Crippen molar-refractivity contribution >= 4 is 11.9 Å². The predicted molar refractivity (Wildman–Crippen MR) is 79.5 cm³/mol. The highest BCUT2D eigenvalue weighted by Crippen LogP contribution is 2.60. The summed E-state index contributed by atoms with van der Waals surface area (Å²) in [5.41, 5.74) is 2.22. The zero-order valence-corrected chi connectivity index (χ0v) is 12.6. The predicted octanol–water partition coefficient (Wildman–Crippen LogP) is 2.19. The number of hydrogen-bond acceptors (Lipinski definition) is 4. The van der Waals surface area contributed by atoms with Gasteiger partial charge in [0, 0.05) is 11.8 Å². The van der Waals surface area contributed by atoms with Crippen LogP contribution in [0.15, 0.2) is 47.1 Å². The molecule has 4 aliphatic carbocycles. The molecule has 0 N–H and O–H groups in total. The van der Waals surface area contributed by atoms with Gasteiger partial charge < -0.3 is 9.47 Å². The van der Waals surface area contributed by atoms with Gasteiger partial charge in [-0.1, -0.05) is 36.0 Å². The molecule has 22 heavy (non-hydrogen) atoms. The van der Waals surface area contributed by atoms with Crippen LogP contribution in [0.4, 0.5) is 0 Å². The van der Waals surface area contributed by atoms with Crippen LogP contribution >= 0.6 is 0 Å². The molecule has 4 rings (SSSR count). The number of fused-ring (bicyclic) bond motifs is 3. The van der Waals surface area contributed by atoms with Gasteiger partial charge in [-0.15, -0.1) is 0 Å². The van der Waals surface area contributed by atoms with Crippen LogP contribution in [0.5, 0.6) is 0 Å². The first kappa shape index (κ1) is 13.6. The summed E-state index contributed by atoms with van der Waals surface area (Å²) in [6.45, 7) is 0. The van der Waals surface area contributed by atoms with Crippen LogP contribution in [0.25, 0.3) is 0 Å². The van der Waals surface area contributed by atoms with E-state index in [0.29, 0.717) is 35.3 Å². The number of carbonyl (C=O) groups is 2. The molecule has 0 aromatic heterocycles. The maximum Gasteiger partial charge on any atom is 0.334 e. The normalized spacial score (nSPS) is 37.0. The van der Waals surface area contributed by atoms with Crippen LogP contribution in [0.1, 0.15) is 6.42 Å². The smallest absolute Gasteiger partial charge is 0.334 e. The molecule has 4 heteroatoms. The molecule has 114 valence electrons. The highest BCUT2D eigenvalue weighted by Gasteiger charge is 2.55. The molecule has 0 aromatic carbocycles. The number of esters is 2. The Kier molecular flexibility index (Phi) is 2.90. The molecule has 4 nitrogen and oxygen atoms in total. The first-order valence-corrected chi connectivity index (χ1v) is 7.63. The minimum atomic E-state index is -0.429. The van der Waals surface area contributed by atoms with Gasteiger partial charge in [0.05, 0.1) is 25.4 Å². The van der Waals surface area contributed by atoms with Crippen LogP contribution in [0.2, 0.25) is 0 Å². The molecule has 1 saturated carbocycles. The van der Waals surface area contributed by atoms with Crippen molar-refractivity contribution in [1.29, 1.82) is 0 Å². The lowest BCUT2D eigenvalue weighted by Gasteiger charge is -2.26. The van der Waals surface area contributed by atoms with Gasteiger partial charge in [-0.2, -0.15) is 0 Å². The van der Waals surface area contributed by atoms with Gasteiger partial charge in [0.1, 0.15) is 0 Å². The fourth-order valence-corrected chi connectivity index (χ4v) is 4.73. The molecule has 0 saturated heterocycles. The molecule has 0 aromatic rings. The number of allylic oxidation sites excluding steroid dienone is 6. The van der Waals surface area contributed by atoms with Crippen molar-refractivity contribution in [3.8, 4) is 0 Å². The molecule has 0 unspecified atom stereocenters. The topological polar surface area (TPSA) is 52.6 Å². The maximum atomic E-state index is 12.4. The molecule has 0 radical (unpaired) electrons. The summed E-state index contributed by atoms with van der Waals surface area (Å²) in [6, 6.07) is 0. The molecule has 0 spiro atoms. The quantitative estimate of drug-likeness (QED) is 0.579. The summed E-state index contributed by atoms with van der Waals surface area (Å²) in [6.07, 6.45) is 11.5. The van der Waals surface area contributed by atoms with Crippen molar-refractivity contribution in [3.63, 3.8) is 0 Å². The fourth-order valence-electron chi connectivity index (χ4n) is 4.73. The average molecular weight is 298 g/mol. The van der Waals surface area contributed by atoms with Gasteiger partial charge in [0.15, 0.2) is 0 Å². The zero-order valence-electron chi connectivity index (χ0n) is 12.6. The van der Waals surface area contributed by atoms with Crippen LogP contribution in [0, 0.1) is 29.6 Å². The summed E-state index contributed by atoms with van der Waals surface area (Å²) in [5.74, 6) is 0.726. The van der Waals surface area contributed by atoms with E-state index in [2.05, 4.69) is 30.4 Å². The zero-order chi connectivity index (χ0) is 15.4. The van der Waals surface area contributed by atoms with Gasteiger partial charge in [-0.05, 0) is 24.2 Å². The SMILES string of the molecule is COC(=O)C1=C(C(=O)OC)[C@@H]2C(=CC1)[C@H]1C=C[C@@H]3C=C[C@H]2[C@H]31. The molecule has 4 aliphatic rings. The molecule has 0 heterocycles. The first-order chi connectivity index (χ1) is 10.7. The molecular formula is C18H18O4. The summed E-state index contributed by atoms with van der Waals surface area (Å²) in [7, 11) is 2.71. The minimum Gasteiger partial charge on any atom is -0.466 e. The van der Waals surface area contributed by atoms with Gasteiger partial charge in [-0.25, -0.2) is 9.59 Å². The Morgan fingerprint density at radius 2 is 1.77 bits per heavy atom. The third-order valence-electron chi connectivity index (χ3n) is 5.54. The van der Waals surface area contributed by atoms with Crippen LogP contribution in [-0.2, 0) is 19.1 Å². The highest BCUT2D eigenvalue weighted by molar-refractivity contribution is 6.02. The second-order valence-corrected chi connectivity index (χ2v) is 6.29. The molecule has 5 atom stereocenters. The van der Waals surface area contributed by atoms with Gasteiger partial charge in [-0.3, -0.25) is 0 Å². The standard InChI is InChI=1S/C18H18O4/c1-21-17(19)13-8-7-11-10-5-3-9-4-6-12(14(9)10)15(11)16(13)18(20)22-2/h3-7,9-10,12,14-15H,8H2,1-2H3/t9-,10-,12+,14-,15-/m1/s1. The first-order valence-electron chi connectivity index (χ1n) is 7.63. The van der Waals surface area contributed by atoms with Gasteiger partial charge in [0.2, 0.25) is 0 Å². The minimum absolute atomic E-state index is 0.0449. The second kappa shape index (κ2) is 4.70. The summed E-state index contributed by atoms with van der Waals surface area (Å²) >= 11 is 0. The Morgan fingerprint density at radius 1 is 1.05 bits per heavy atom. The van der Waals surface area contributed by atoms with E-state index in [1.165, 1.54) is 19.8 Å². The van der Waals surface area contributed by atoms with E-state index < -0.39 is 11.9 Å². The van der Waals surface area contributed by atoms with Crippen molar-refractivity contribution in [2.75, 3.05) is 14.2 Å². The fraction of sp³-hybridized carbons (Fsp3) is 0.444. The highest BCUT2D eigenvalue weighted by atomic mass is 16.5. The van der Waals surface area contributed by atoms with E-state index in [9.17, 15) is 9.59 Å². The third-order valence-corrected chi connectivity index (χ3v) is 5.54. The molecule has 0 amide bonds. The van der Waals surface area contributed by atoms with E-state index in [4.69, 9.17) is 9.47 Å². The van der Waals surface area contributed by atoms with Gasteiger partial charge >= 0.3 is 11.9 Å². The Labute approximate surface area is 129 Å². The van der Waals surface area contributed by atoms with Gasteiger partial charge in [0.25, 0.3) is 0 Å². The summed E-state index contributed by atoms with van der Waals surface area (Å²) < 4.78 is 9.85. The van der Waals surface area contributed by atoms with Crippen molar-refractivity contribution < 1.29 is 19.1 Å². The largest absolute Gasteiger partial charge is 0.466 e. The number of rotatable bonds is 2. The summed E-state index contributed by atoms with van der Waals surface area (Å²) in [5, 5.41) is 0. The van der Waals surface area contributed by atoms with Crippen LogP contribution in [0.3, 0.4) is 0 Å². The van der Waals surface area contributed by atoms with Crippen LogP contribution < -0.4 is 0 Å². The molecule has 0 bridgehead atoms. The number of methoxy groups -OCH3 is 2. The molecular weight excluding hydrogens is 280 g/mol. The molecule has 0 aliphatic heterocycles. The number of hydrogen-bond donors (Lipinski definition) is 0. The average Bonchev–Trinajstić information content (AvgIpc) is 3.21. The lowest BCUT2D eigenvalue weighted by atomic mass is 9.78. The van der Waals surface area contributed by atoms with Crippen molar-refractivity contribution in [2.24, 2.45) is 29.6 Å². The van der Waals surface area contributed by atoms with E-state index in [0.717, 1.165) is 0 Å². The lowest BCUT2D eigenvalue weighted by molar-refractivity contribution is -0.140. The van der Waals surface area contributed by atoms with Crippen LogP contribution in [-0.4, -0.2) is 26.2 Å². The third kappa shape index (κ3) is 1.58. The van der Waals surface area contributed by atoms with E-state index in [-0.39, 0.29) is 11.8 Å². The monoisotopic (exact) mass is 298 g/mol. The van der Waals surface area contributed by atoms with E-state index >= 15 is 0 Å². The molecule has 1 fully saturated rings. The van der Waals surface area contributed by atoms with Crippen molar-refractivity contribution in [1.82, 2.24) is 0 Å². The van der Waals surface area contributed by atoms with Crippen molar-refractivity contribution in [2.45, 2.75) is 6.42 Å². The lowest BCUT2D eigenvalue weighted by Crippen LogP contribution is -2.26. The van der Waals surface area contributed by atoms with E-state index in [1.807, 2.05) is 0 Å². The number of carbonyl (C=O) groups excluding carboxylic acids is 2. The Balaban J connectivity index is 1.84. The van der Waals surface area contributed by atoms with Crippen molar-refractivity contribution in [3.05, 3.63) is 47.1 Å². The second-order valence-electron chi connectivity index (χ2n) is 6.29. The Morgan fingerprint density at radius 3 is 2.50 bits per heavy atom.